The molecule has 0 unspecified atom stereocenters. The Hall–Kier alpha value is -7.11. The number of rotatable bonds is 4. The molecule has 52 heavy (non-hydrogen) atoms. The predicted molar refractivity (Wildman–Crippen MR) is 211 cm³/mol. The molecular weight excluding hydrogens is 639 g/mol. The van der Waals surface area contributed by atoms with E-state index in [0.29, 0.717) is 17.5 Å². The fourth-order valence-electron chi connectivity index (χ4n) is 7.77. The first-order valence-corrected chi connectivity index (χ1v) is 17.4. The van der Waals surface area contributed by atoms with Gasteiger partial charge in [0.25, 0.3) is 0 Å². The molecule has 5 heteroatoms. The monoisotopic (exact) mass is 665 g/mol. The third-order valence-electron chi connectivity index (χ3n) is 10.1. The van der Waals surface area contributed by atoms with Gasteiger partial charge in [0, 0.05) is 38.2 Å². The third-order valence-corrected chi connectivity index (χ3v) is 10.1. The molecule has 242 valence electrons. The molecule has 0 N–H and O–H groups in total. The highest BCUT2D eigenvalue weighted by atomic mass is 16.3. The van der Waals surface area contributed by atoms with Crippen LogP contribution in [0.1, 0.15) is 0 Å². The van der Waals surface area contributed by atoms with E-state index in [1.54, 1.807) is 0 Å². The second kappa shape index (κ2) is 11.2. The van der Waals surface area contributed by atoms with Gasteiger partial charge in [-0.2, -0.15) is 0 Å². The summed E-state index contributed by atoms with van der Waals surface area (Å²) in [5.41, 5.74) is 8.37. The van der Waals surface area contributed by atoms with Gasteiger partial charge in [-0.15, -0.1) is 0 Å². The summed E-state index contributed by atoms with van der Waals surface area (Å²) in [5.74, 6) is 1.80. The molecule has 0 spiro atoms. The van der Waals surface area contributed by atoms with Crippen molar-refractivity contribution in [2.45, 2.75) is 0 Å². The van der Waals surface area contributed by atoms with Gasteiger partial charge in [0.2, 0.25) is 0 Å². The van der Waals surface area contributed by atoms with Crippen molar-refractivity contribution in [3.8, 4) is 45.3 Å². The molecule has 0 fully saturated rings. The Morgan fingerprint density at radius 2 is 0.788 bits per heavy atom. The number of fused-ring (bicyclic) bond motifs is 8. The zero-order chi connectivity index (χ0) is 34.2. The lowest BCUT2D eigenvalue weighted by molar-refractivity contribution is 0.668. The molecule has 8 aromatic carbocycles. The molecule has 3 aromatic heterocycles. The van der Waals surface area contributed by atoms with Gasteiger partial charge in [0.05, 0.1) is 0 Å². The summed E-state index contributed by atoms with van der Waals surface area (Å²) in [6, 6.07) is 56.3. The van der Waals surface area contributed by atoms with E-state index in [9.17, 15) is 0 Å². The average molecular weight is 666 g/mol. The average Bonchev–Trinajstić information content (AvgIpc) is 3.79. The molecule has 0 aliphatic rings. The Bertz CT molecular complexity index is 3210. The first-order chi connectivity index (χ1) is 25.8. The molecule has 0 bridgehead atoms. The van der Waals surface area contributed by atoms with Crippen LogP contribution in [0.5, 0.6) is 0 Å². The largest absolute Gasteiger partial charge is 0.456 e. The van der Waals surface area contributed by atoms with Crippen LogP contribution in [0.2, 0.25) is 0 Å². The SMILES string of the molecule is c1ccc2cc(-c3nc(-c4cccc5c(-c6cccc7oc8ccccc8c67)cccc45)nc(-c4cccc5oc6ccccc6c45)n3)ccc2c1. The first-order valence-electron chi connectivity index (χ1n) is 17.4. The minimum absolute atomic E-state index is 0.591. The molecule has 0 aliphatic heterocycles. The van der Waals surface area contributed by atoms with Gasteiger partial charge in [-0.25, -0.2) is 15.0 Å². The number of furan rings is 2. The van der Waals surface area contributed by atoms with Crippen molar-refractivity contribution in [2.24, 2.45) is 0 Å². The highest BCUT2D eigenvalue weighted by molar-refractivity contribution is 6.16. The molecule has 3 heterocycles. The quantitative estimate of drug-likeness (QED) is 0.187. The van der Waals surface area contributed by atoms with E-state index in [2.05, 4.69) is 115 Å². The van der Waals surface area contributed by atoms with Crippen LogP contribution >= 0.6 is 0 Å². The summed E-state index contributed by atoms with van der Waals surface area (Å²) < 4.78 is 12.6. The Morgan fingerprint density at radius 3 is 1.52 bits per heavy atom. The number of hydrogen-bond acceptors (Lipinski definition) is 5. The second-order valence-electron chi connectivity index (χ2n) is 13.1. The topological polar surface area (TPSA) is 65.0 Å². The smallest absolute Gasteiger partial charge is 0.164 e. The summed E-state index contributed by atoms with van der Waals surface area (Å²) in [6.07, 6.45) is 0. The number of para-hydroxylation sites is 2. The van der Waals surface area contributed by atoms with Crippen LogP contribution < -0.4 is 0 Å². The fourth-order valence-corrected chi connectivity index (χ4v) is 7.77. The predicted octanol–water partition coefficient (Wildman–Crippen LogP) is 12.6. The van der Waals surface area contributed by atoms with E-state index in [-0.39, 0.29) is 0 Å². The van der Waals surface area contributed by atoms with Crippen LogP contribution in [-0.4, -0.2) is 15.0 Å². The van der Waals surface area contributed by atoms with E-state index in [0.717, 1.165) is 93.2 Å². The lowest BCUT2D eigenvalue weighted by atomic mass is 9.93. The van der Waals surface area contributed by atoms with E-state index < -0.39 is 0 Å². The molecule has 0 saturated carbocycles. The summed E-state index contributed by atoms with van der Waals surface area (Å²) in [6.45, 7) is 0. The number of nitrogens with zero attached hydrogens (tertiary/aromatic N) is 3. The molecule has 0 saturated heterocycles. The lowest BCUT2D eigenvalue weighted by Gasteiger charge is -2.13. The van der Waals surface area contributed by atoms with E-state index in [1.807, 2.05) is 48.5 Å². The van der Waals surface area contributed by atoms with E-state index in [4.69, 9.17) is 23.8 Å². The maximum Gasteiger partial charge on any atom is 0.164 e. The van der Waals surface area contributed by atoms with E-state index >= 15 is 0 Å². The summed E-state index contributed by atoms with van der Waals surface area (Å²) >= 11 is 0. The van der Waals surface area contributed by atoms with Crippen molar-refractivity contribution in [3.05, 3.63) is 164 Å². The van der Waals surface area contributed by atoms with Gasteiger partial charge in [0.15, 0.2) is 17.5 Å². The summed E-state index contributed by atoms with van der Waals surface area (Å²) in [7, 11) is 0. The maximum absolute atomic E-state index is 6.28. The van der Waals surface area contributed by atoms with Gasteiger partial charge in [0.1, 0.15) is 22.3 Å². The standard InChI is InChI=1S/C47H27N3O2/c1-2-12-29-27-30(26-25-28(29)11-1)45-48-46(50-47(49-45)38-20-10-24-42-44(38)37-14-4-6-22-40(37)52-42)35-19-8-15-31-32(16-7-17-33(31)35)34-18-9-23-41-43(34)36-13-3-5-21-39(36)51-41/h1-27H. The van der Waals surface area contributed by atoms with Crippen molar-refractivity contribution < 1.29 is 8.83 Å². The fraction of sp³-hybridized carbons (Fsp3) is 0. The molecule has 0 radical (unpaired) electrons. The highest BCUT2D eigenvalue weighted by Crippen LogP contribution is 2.42. The molecule has 11 aromatic rings. The molecule has 0 amide bonds. The number of aromatic nitrogens is 3. The van der Waals surface area contributed by atoms with Gasteiger partial charge >= 0.3 is 0 Å². The van der Waals surface area contributed by atoms with Crippen molar-refractivity contribution in [1.29, 1.82) is 0 Å². The third kappa shape index (κ3) is 4.39. The van der Waals surface area contributed by atoms with Gasteiger partial charge in [-0.05, 0) is 63.0 Å². The van der Waals surface area contributed by atoms with E-state index in [1.165, 1.54) is 0 Å². The Balaban J connectivity index is 1.17. The zero-order valence-electron chi connectivity index (χ0n) is 27.7. The van der Waals surface area contributed by atoms with Crippen LogP contribution in [0, 0.1) is 0 Å². The van der Waals surface area contributed by atoms with Gasteiger partial charge < -0.3 is 8.83 Å². The zero-order valence-corrected chi connectivity index (χ0v) is 27.7. The first kappa shape index (κ1) is 28.7. The number of benzene rings is 8. The second-order valence-corrected chi connectivity index (χ2v) is 13.1. The molecular formula is C47H27N3O2. The normalized spacial score (nSPS) is 11.8. The van der Waals surface area contributed by atoms with Crippen LogP contribution in [0.25, 0.3) is 111 Å². The highest BCUT2D eigenvalue weighted by Gasteiger charge is 2.20. The van der Waals surface area contributed by atoms with Crippen molar-refractivity contribution in [1.82, 2.24) is 15.0 Å². The number of hydrogen-bond donors (Lipinski definition) is 0. The Labute approximate surface area is 297 Å². The van der Waals surface area contributed by atoms with Crippen LogP contribution in [0.15, 0.2) is 173 Å². The summed E-state index contributed by atoms with van der Waals surface area (Å²) in [4.78, 5) is 15.6. The minimum atomic E-state index is 0.591. The molecule has 0 aliphatic carbocycles. The summed E-state index contributed by atoms with van der Waals surface area (Å²) in [5, 5.41) is 8.67. The Kier molecular flexibility index (Phi) is 6.18. The van der Waals surface area contributed by atoms with Crippen LogP contribution in [0.3, 0.4) is 0 Å². The molecule has 11 rings (SSSR count). The Morgan fingerprint density at radius 1 is 0.308 bits per heavy atom. The van der Waals surface area contributed by atoms with Crippen molar-refractivity contribution in [3.63, 3.8) is 0 Å². The lowest BCUT2D eigenvalue weighted by Crippen LogP contribution is -2.01. The van der Waals surface area contributed by atoms with Crippen LogP contribution in [-0.2, 0) is 0 Å². The van der Waals surface area contributed by atoms with Crippen molar-refractivity contribution >= 4 is 65.4 Å². The van der Waals surface area contributed by atoms with Crippen LogP contribution in [0.4, 0.5) is 0 Å². The maximum atomic E-state index is 6.28. The van der Waals surface area contributed by atoms with Gasteiger partial charge in [-0.3, -0.25) is 0 Å². The van der Waals surface area contributed by atoms with Gasteiger partial charge in [-0.1, -0.05) is 133 Å². The molecule has 0 atom stereocenters. The molecule has 5 nitrogen and oxygen atoms in total. The van der Waals surface area contributed by atoms with Crippen molar-refractivity contribution in [2.75, 3.05) is 0 Å². The minimum Gasteiger partial charge on any atom is -0.456 e.